The molecule has 2 amide bonds. The first kappa shape index (κ1) is 21.2. The van der Waals surface area contributed by atoms with Gasteiger partial charge in [0, 0.05) is 12.7 Å². The Hall–Kier alpha value is -3.07. The average molecular weight is 444 g/mol. The van der Waals surface area contributed by atoms with E-state index in [1.54, 1.807) is 18.0 Å². The first-order valence-corrected chi connectivity index (χ1v) is 12.0. The van der Waals surface area contributed by atoms with E-state index in [0.717, 1.165) is 5.69 Å². The number of amides is 2. The van der Waals surface area contributed by atoms with Crippen molar-refractivity contribution in [3.63, 3.8) is 0 Å². The van der Waals surface area contributed by atoms with Crippen LogP contribution >= 0.6 is 0 Å². The normalized spacial score (nSPS) is 21.6. The number of para-hydroxylation sites is 3. The van der Waals surface area contributed by atoms with Crippen LogP contribution in [-0.4, -0.2) is 64.0 Å². The lowest BCUT2D eigenvalue weighted by Crippen LogP contribution is -2.52. The highest BCUT2D eigenvalue weighted by molar-refractivity contribution is 7.91. The number of carbonyl (C=O) groups is 2. The fraction of sp³-hybridized carbons (Fsp3) is 0.364. The summed E-state index contributed by atoms with van der Waals surface area (Å²) in [7, 11) is -1.63. The summed E-state index contributed by atoms with van der Waals surface area (Å²) in [5, 5.41) is 2.59. The number of hydrogen-bond donors (Lipinski definition) is 1. The number of rotatable bonds is 5. The number of fused-ring (bicyclic) bond motifs is 1. The molecule has 1 N–H and O–H groups in total. The number of benzene rings is 2. The summed E-state index contributed by atoms with van der Waals surface area (Å²) in [5.41, 5.74) is 1.39. The molecule has 2 aliphatic rings. The fourth-order valence-corrected chi connectivity index (χ4v) is 5.82. The highest BCUT2D eigenvalue weighted by atomic mass is 32.2. The molecular weight excluding hydrogens is 418 g/mol. The number of carbonyl (C=O) groups excluding carboxylic acids is 2. The largest absolute Gasteiger partial charge is 0.477 e. The standard InChI is InChI=1S/C22H25N3O5S/c1-23-22(27)20-13-24(18-9-5-6-10-19(18)30-20)14-21(26)25(16-7-3-2-4-8-16)17-11-12-31(28,29)15-17/h2-10,17,20H,11-15H2,1H3,(H,23,27). The highest BCUT2D eigenvalue weighted by Crippen LogP contribution is 2.33. The predicted octanol–water partition coefficient (Wildman–Crippen LogP) is 1.22. The summed E-state index contributed by atoms with van der Waals surface area (Å²) in [4.78, 5) is 29.1. The molecule has 31 heavy (non-hydrogen) atoms. The summed E-state index contributed by atoms with van der Waals surface area (Å²) in [6.07, 6.45) is -0.339. The van der Waals surface area contributed by atoms with Crippen LogP contribution < -0.4 is 19.9 Å². The zero-order valence-corrected chi connectivity index (χ0v) is 18.0. The molecule has 1 fully saturated rings. The van der Waals surface area contributed by atoms with Gasteiger partial charge in [-0.15, -0.1) is 0 Å². The third-order valence-corrected chi connectivity index (χ3v) is 7.35. The maximum absolute atomic E-state index is 13.5. The summed E-state index contributed by atoms with van der Waals surface area (Å²) in [5.74, 6) is 0.0704. The highest BCUT2D eigenvalue weighted by Gasteiger charge is 2.37. The van der Waals surface area contributed by atoms with Crippen LogP contribution in [0.3, 0.4) is 0 Å². The number of nitrogens with one attached hydrogen (secondary N) is 1. The molecule has 0 bridgehead atoms. The number of ether oxygens (including phenoxy) is 1. The molecule has 0 aliphatic carbocycles. The Morgan fingerprint density at radius 1 is 1.13 bits per heavy atom. The third kappa shape index (κ3) is 4.51. The summed E-state index contributed by atoms with van der Waals surface area (Å²) in [6.45, 7) is 0.216. The summed E-state index contributed by atoms with van der Waals surface area (Å²) < 4.78 is 30.0. The monoisotopic (exact) mass is 443 g/mol. The van der Waals surface area contributed by atoms with Crippen molar-refractivity contribution in [2.24, 2.45) is 0 Å². The predicted molar refractivity (Wildman–Crippen MR) is 118 cm³/mol. The zero-order valence-electron chi connectivity index (χ0n) is 17.2. The quantitative estimate of drug-likeness (QED) is 0.747. The second-order valence-corrected chi connectivity index (χ2v) is 9.95. The Morgan fingerprint density at radius 3 is 2.52 bits per heavy atom. The van der Waals surface area contributed by atoms with Gasteiger partial charge in [0.25, 0.3) is 5.91 Å². The number of hydrogen-bond acceptors (Lipinski definition) is 6. The van der Waals surface area contributed by atoms with Crippen LogP contribution in [0, 0.1) is 0 Å². The van der Waals surface area contributed by atoms with Gasteiger partial charge < -0.3 is 19.9 Å². The molecule has 2 aliphatic heterocycles. The molecule has 2 aromatic rings. The molecule has 4 rings (SSSR count). The van der Waals surface area contributed by atoms with Gasteiger partial charge in [0.1, 0.15) is 5.75 Å². The van der Waals surface area contributed by atoms with E-state index in [4.69, 9.17) is 4.74 Å². The van der Waals surface area contributed by atoms with Crippen molar-refractivity contribution >= 4 is 33.0 Å². The molecular formula is C22H25N3O5S. The van der Waals surface area contributed by atoms with Crippen molar-refractivity contribution in [1.82, 2.24) is 5.32 Å². The minimum Gasteiger partial charge on any atom is -0.477 e. The van der Waals surface area contributed by atoms with Gasteiger partial charge in [0.05, 0.1) is 36.3 Å². The van der Waals surface area contributed by atoms with Gasteiger partial charge in [0.2, 0.25) is 5.91 Å². The van der Waals surface area contributed by atoms with Crippen molar-refractivity contribution in [1.29, 1.82) is 0 Å². The Kier molecular flexibility index (Phi) is 5.86. The van der Waals surface area contributed by atoms with E-state index in [1.807, 2.05) is 53.4 Å². The van der Waals surface area contributed by atoms with Crippen LogP contribution in [-0.2, 0) is 19.4 Å². The smallest absolute Gasteiger partial charge is 0.262 e. The van der Waals surface area contributed by atoms with Crippen molar-refractivity contribution in [3.05, 3.63) is 54.6 Å². The van der Waals surface area contributed by atoms with Gasteiger partial charge >= 0.3 is 0 Å². The van der Waals surface area contributed by atoms with Crippen LogP contribution in [0.5, 0.6) is 5.75 Å². The number of likely N-dealkylation sites (N-methyl/N-ethyl adjacent to an activating group) is 1. The first-order valence-electron chi connectivity index (χ1n) is 10.2. The van der Waals surface area contributed by atoms with E-state index in [1.165, 1.54) is 0 Å². The summed E-state index contributed by atoms with van der Waals surface area (Å²) in [6, 6.07) is 16.0. The van der Waals surface area contributed by atoms with E-state index in [9.17, 15) is 18.0 Å². The topological polar surface area (TPSA) is 96.0 Å². The van der Waals surface area contributed by atoms with Crippen molar-refractivity contribution < 1.29 is 22.7 Å². The molecule has 164 valence electrons. The number of sulfone groups is 1. The molecule has 0 saturated carbocycles. The molecule has 0 aromatic heterocycles. The molecule has 8 nitrogen and oxygen atoms in total. The molecule has 1 saturated heterocycles. The van der Waals surface area contributed by atoms with E-state index < -0.39 is 22.0 Å². The maximum Gasteiger partial charge on any atom is 0.262 e. The summed E-state index contributed by atoms with van der Waals surface area (Å²) >= 11 is 0. The lowest BCUT2D eigenvalue weighted by molar-refractivity contribution is -0.127. The van der Waals surface area contributed by atoms with Gasteiger partial charge in [-0.25, -0.2) is 8.42 Å². The van der Waals surface area contributed by atoms with Crippen LogP contribution in [0.2, 0.25) is 0 Å². The van der Waals surface area contributed by atoms with Crippen molar-refractivity contribution in [2.45, 2.75) is 18.6 Å². The molecule has 2 unspecified atom stereocenters. The second kappa shape index (κ2) is 8.58. The molecule has 2 heterocycles. The van der Waals surface area contributed by atoms with Crippen LogP contribution in [0.1, 0.15) is 6.42 Å². The van der Waals surface area contributed by atoms with E-state index >= 15 is 0 Å². The first-order chi connectivity index (χ1) is 14.9. The minimum absolute atomic E-state index is 0.000685. The SMILES string of the molecule is CNC(=O)C1CN(CC(=O)N(c2ccccc2)C2CCS(=O)(=O)C2)c2ccccc2O1. The maximum atomic E-state index is 13.5. The van der Waals surface area contributed by atoms with E-state index in [2.05, 4.69) is 5.32 Å². The van der Waals surface area contributed by atoms with Crippen molar-refractivity contribution in [2.75, 3.05) is 41.4 Å². The Bertz CT molecular complexity index is 1070. The van der Waals surface area contributed by atoms with E-state index in [0.29, 0.717) is 17.9 Å². The Labute approximate surface area is 181 Å². The van der Waals surface area contributed by atoms with Crippen molar-refractivity contribution in [3.8, 4) is 5.75 Å². The van der Waals surface area contributed by atoms with Gasteiger partial charge in [-0.1, -0.05) is 30.3 Å². The van der Waals surface area contributed by atoms with Crippen LogP contribution in [0.4, 0.5) is 11.4 Å². The number of anilines is 2. The lowest BCUT2D eigenvalue weighted by Gasteiger charge is -2.37. The average Bonchev–Trinajstić information content (AvgIpc) is 3.13. The molecule has 0 spiro atoms. The van der Waals surface area contributed by atoms with Gasteiger partial charge in [-0.2, -0.15) is 0 Å². The fourth-order valence-electron chi connectivity index (χ4n) is 4.12. The lowest BCUT2D eigenvalue weighted by atomic mass is 10.1. The van der Waals surface area contributed by atoms with Gasteiger partial charge in [-0.05, 0) is 30.7 Å². The molecule has 9 heteroatoms. The van der Waals surface area contributed by atoms with E-state index in [-0.39, 0.29) is 36.4 Å². The number of nitrogens with zero attached hydrogens (tertiary/aromatic N) is 2. The zero-order chi connectivity index (χ0) is 22.0. The molecule has 2 aromatic carbocycles. The van der Waals surface area contributed by atoms with Crippen LogP contribution in [0.25, 0.3) is 0 Å². The molecule has 2 atom stereocenters. The van der Waals surface area contributed by atoms with Gasteiger partial charge in [-0.3, -0.25) is 9.59 Å². The second-order valence-electron chi connectivity index (χ2n) is 7.73. The van der Waals surface area contributed by atoms with Crippen LogP contribution in [0.15, 0.2) is 54.6 Å². The Morgan fingerprint density at radius 2 is 1.84 bits per heavy atom. The Balaban J connectivity index is 1.63. The molecule has 0 radical (unpaired) electrons. The third-order valence-electron chi connectivity index (χ3n) is 5.60. The minimum atomic E-state index is -3.17. The van der Waals surface area contributed by atoms with Gasteiger partial charge in [0.15, 0.2) is 15.9 Å².